The summed E-state index contributed by atoms with van der Waals surface area (Å²) in [5, 5.41) is 5.98. The van der Waals surface area contributed by atoms with Gasteiger partial charge < -0.3 is 10.3 Å². The molecule has 0 aromatic carbocycles. The number of thiophene rings is 1. The van der Waals surface area contributed by atoms with Crippen LogP contribution in [0.2, 0.25) is 0 Å². The highest BCUT2D eigenvalue weighted by atomic mass is 32.1. The number of rotatable bonds is 2. The van der Waals surface area contributed by atoms with E-state index in [-0.39, 0.29) is 0 Å². The molecule has 0 aliphatic rings. The second-order valence-electron chi connectivity index (χ2n) is 4.40. The maximum atomic E-state index is 5.65. The summed E-state index contributed by atoms with van der Waals surface area (Å²) in [5.41, 5.74) is 7.98. The van der Waals surface area contributed by atoms with Crippen LogP contribution in [0, 0.1) is 0 Å². The lowest BCUT2D eigenvalue weighted by Crippen LogP contribution is -1.91. The van der Waals surface area contributed by atoms with Crippen LogP contribution in [0.15, 0.2) is 46.4 Å². The smallest absolute Gasteiger partial charge is 0.276 e. The van der Waals surface area contributed by atoms with Crippen LogP contribution >= 0.6 is 11.3 Å². The van der Waals surface area contributed by atoms with Crippen molar-refractivity contribution in [3.63, 3.8) is 0 Å². The molecule has 102 valence electrons. The quantitative estimate of drug-likeness (QED) is 0.611. The highest BCUT2D eigenvalue weighted by Crippen LogP contribution is 2.25. The summed E-state index contributed by atoms with van der Waals surface area (Å²) in [6.45, 7) is 0. The maximum Gasteiger partial charge on any atom is 0.276 e. The molecular weight excluding hydrogens is 286 g/mol. The molecule has 2 N–H and O–H groups in total. The van der Waals surface area contributed by atoms with Gasteiger partial charge in [0.1, 0.15) is 11.5 Å². The number of nitrogens with two attached hydrogens (primary N) is 1. The van der Waals surface area contributed by atoms with Crippen LogP contribution < -0.4 is 5.73 Å². The van der Waals surface area contributed by atoms with Crippen LogP contribution in [0.5, 0.6) is 0 Å². The van der Waals surface area contributed by atoms with Crippen molar-refractivity contribution < 1.29 is 4.52 Å². The first kappa shape index (κ1) is 12.0. The first-order valence-electron chi connectivity index (χ1n) is 6.20. The highest BCUT2D eigenvalue weighted by molar-refractivity contribution is 7.17. The third-order valence-corrected chi connectivity index (χ3v) is 3.83. The van der Waals surface area contributed by atoms with Gasteiger partial charge in [-0.05, 0) is 29.6 Å². The van der Waals surface area contributed by atoms with Crippen LogP contribution in [-0.4, -0.2) is 20.1 Å². The van der Waals surface area contributed by atoms with E-state index in [1.165, 1.54) is 0 Å². The largest absolute Gasteiger partial charge is 0.384 e. The monoisotopic (exact) mass is 295 g/mol. The van der Waals surface area contributed by atoms with Gasteiger partial charge in [0.25, 0.3) is 5.89 Å². The van der Waals surface area contributed by atoms with Gasteiger partial charge >= 0.3 is 0 Å². The van der Waals surface area contributed by atoms with E-state index in [1.54, 1.807) is 35.7 Å². The molecule has 4 heterocycles. The summed E-state index contributed by atoms with van der Waals surface area (Å²) < 4.78 is 6.33. The minimum Gasteiger partial charge on any atom is -0.384 e. The second kappa shape index (κ2) is 4.64. The fourth-order valence-corrected chi connectivity index (χ4v) is 2.76. The van der Waals surface area contributed by atoms with Gasteiger partial charge in [0.05, 0.1) is 10.2 Å². The van der Waals surface area contributed by atoms with Gasteiger partial charge in [0.2, 0.25) is 5.82 Å². The summed E-state index contributed by atoms with van der Waals surface area (Å²) in [7, 11) is 0. The van der Waals surface area contributed by atoms with E-state index >= 15 is 0 Å². The third-order valence-electron chi connectivity index (χ3n) is 2.98. The maximum absolute atomic E-state index is 5.65. The molecule has 0 bridgehead atoms. The summed E-state index contributed by atoms with van der Waals surface area (Å²) in [6.07, 6.45) is 1.73. The molecule has 0 atom stereocenters. The van der Waals surface area contributed by atoms with Gasteiger partial charge in [-0.25, -0.2) is 4.98 Å². The Hall–Kier alpha value is -2.80. The van der Waals surface area contributed by atoms with Crippen molar-refractivity contribution in [3.05, 3.63) is 41.9 Å². The van der Waals surface area contributed by atoms with Gasteiger partial charge in [0, 0.05) is 11.8 Å². The Labute approximate surface area is 123 Å². The first-order chi connectivity index (χ1) is 10.3. The van der Waals surface area contributed by atoms with E-state index in [0.717, 1.165) is 15.8 Å². The number of hydrogen-bond donors (Lipinski definition) is 1. The fraction of sp³-hybridized carbons (Fsp3) is 0. The Morgan fingerprint density at radius 3 is 3.00 bits per heavy atom. The Morgan fingerprint density at radius 2 is 2.10 bits per heavy atom. The predicted octanol–water partition coefficient (Wildman–Crippen LogP) is 2.99. The summed E-state index contributed by atoms with van der Waals surface area (Å²) in [5.74, 6) is 1.23. The van der Waals surface area contributed by atoms with Crippen LogP contribution in [0.25, 0.3) is 33.2 Å². The molecule has 7 heteroatoms. The van der Waals surface area contributed by atoms with Crippen LogP contribution in [0.3, 0.4) is 0 Å². The van der Waals surface area contributed by atoms with Crippen LogP contribution in [0.4, 0.5) is 5.82 Å². The molecule has 0 saturated carbocycles. The first-order valence-corrected chi connectivity index (χ1v) is 7.08. The molecule has 0 radical (unpaired) electrons. The molecule has 0 saturated heterocycles. The Kier molecular flexibility index (Phi) is 2.65. The molecule has 0 aliphatic heterocycles. The van der Waals surface area contributed by atoms with Gasteiger partial charge in [-0.1, -0.05) is 11.2 Å². The Bertz CT molecular complexity index is 930. The lowest BCUT2D eigenvalue weighted by Gasteiger charge is -1.95. The van der Waals surface area contributed by atoms with E-state index in [1.807, 2.05) is 17.5 Å². The van der Waals surface area contributed by atoms with Crippen molar-refractivity contribution in [2.24, 2.45) is 0 Å². The minimum atomic E-state index is 0.337. The van der Waals surface area contributed by atoms with E-state index in [0.29, 0.717) is 23.2 Å². The molecule has 4 aromatic heterocycles. The van der Waals surface area contributed by atoms with Gasteiger partial charge in [-0.2, -0.15) is 4.98 Å². The Morgan fingerprint density at radius 1 is 1.14 bits per heavy atom. The standard InChI is InChI=1S/C14H9N5OS/c15-12-3-1-2-10(17-12)14-18-13(19-20-14)8-6-11-9(16-7-8)4-5-21-11/h1-7H,(H2,15,17). The predicted molar refractivity (Wildman–Crippen MR) is 80.6 cm³/mol. The van der Waals surface area contributed by atoms with Gasteiger partial charge in [-0.15, -0.1) is 11.3 Å². The summed E-state index contributed by atoms with van der Waals surface area (Å²) >= 11 is 1.62. The lowest BCUT2D eigenvalue weighted by molar-refractivity contribution is 0.431. The fourth-order valence-electron chi connectivity index (χ4n) is 1.98. The molecule has 0 amide bonds. The number of fused-ring (bicyclic) bond motifs is 1. The zero-order valence-corrected chi connectivity index (χ0v) is 11.5. The number of hydrogen-bond acceptors (Lipinski definition) is 7. The lowest BCUT2D eigenvalue weighted by atomic mass is 10.2. The molecule has 0 unspecified atom stereocenters. The molecule has 4 rings (SSSR count). The number of aromatic nitrogens is 4. The number of pyridine rings is 2. The summed E-state index contributed by atoms with van der Waals surface area (Å²) in [4.78, 5) is 12.9. The van der Waals surface area contributed by atoms with E-state index in [2.05, 4.69) is 20.1 Å². The highest BCUT2D eigenvalue weighted by Gasteiger charge is 2.12. The topological polar surface area (TPSA) is 90.7 Å². The molecule has 0 fully saturated rings. The molecule has 6 nitrogen and oxygen atoms in total. The number of nitrogen functional groups attached to an aromatic ring is 1. The van der Waals surface area contributed by atoms with Crippen molar-refractivity contribution in [2.75, 3.05) is 5.73 Å². The number of nitrogens with zero attached hydrogens (tertiary/aromatic N) is 4. The number of anilines is 1. The molecule has 0 aliphatic carbocycles. The van der Waals surface area contributed by atoms with Gasteiger partial charge in [0.15, 0.2) is 0 Å². The van der Waals surface area contributed by atoms with E-state index in [9.17, 15) is 0 Å². The Balaban J connectivity index is 1.76. The third kappa shape index (κ3) is 2.13. The molecule has 0 spiro atoms. The van der Waals surface area contributed by atoms with Crippen molar-refractivity contribution in [1.82, 2.24) is 20.1 Å². The SMILES string of the molecule is Nc1cccc(-c2nc(-c3cnc4ccsc4c3)no2)n1. The van der Waals surface area contributed by atoms with E-state index in [4.69, 9.17) is 10.3 Å². The molecule has 4 aromatic rings. The second-order valence-corrected chi connectivity index (χ2v) is 5.35. The molecular formula is C14H9N5OS. The summed E-state index contributed by atoms with van der Waals surface area (Å²) in [6, 6.07) is 9.24. The average molecular weight is 295 g/mol. The van der Waals surface area contributed by atoms with Crippen LogP contribution in [0.1, 0.15) is 0 Å². The van der Waals surface area contributed by atoms with Gasteiger partial charge in [-0.3, -0.25) is 4.98 Å². The zero-order valence-electron chi connectivity index (χ0n) is 10.7. The van der Waals surface area contributed by atoms with Crippen molar-refractivity contribution in [2.45, 2.75) is 0 Å². The van der Waals surface area contributed by atoms with Crippen molar-refractivity contribution in [3.8, 4) is 23.0 Å². The average Bonchev–Trinajstić information content (AvgIpc) is 3.15. The van der Waals surface area contributed by atoms with Crippen LogP contribution in [-0.2, 0) is 0 Å². The van der Waals surface area contributed by atoms with Crippen molar-refractivity contribution in [1.29, 1.82) is 0 Å². The minimum absolute atomic E-state index is 0.337. The normalized spacial score (nSPS) is 11.0. The molecule has 21 heavy (non-hydrogen) atoms. The van der Waals surface area contributed by atoms with Crippen molar-refractivity contribution >= 4 is 27.4 Å². The van der Waals surface area contributed by atoms with E-state index < -0.39 is 0 Å². The zero-order chi connectivity index (χ0) is 14.2.